The Morgan fingerprint density at radius 3 is 2.44 bits per heavy atom. The maximum atomic E-state index is 14.1. The van der Waals surface area contributed by atoms with Crippen molar-refractivity contribution >= 4 is 46.6 Å². The third-order valence-electron chi connectivity index (χ3n) is 9.10. The van der Waals surface area contributed by atoms with Gasteiger partial charge < -0.3 is 23.8 Å². The Kier molecular flexibility index (Phi) is 10.3. The SMILES string of the molecule is C=C(NSN(C)C)c1ccc2c(C3CCCCC3)c3n(c2c1)CC(C(=O)N(C)CC(=O)N(CC)CC)=Cc1cc(OC)ccc1-3. The van der Waals surface area contributed by atoms with Crippen LogP contribution in [0.2, 0.25) is 0 Å². The highest BCUT2D eigenvalue weighted by Crippen LogP contribution is 2.47. The first-order valence-electron chi connectivity index (χ1n) is 16.0. The molecule has 8 nitrogen and oxygen atoms in total. The molecule has 0 spiro atoms. The van der Waals surface area contributed by atoms with Crippen molar-refractivity contribution in [2.45, 2.75) is 58.4 Å². The molecule has 0 bridgehead atoms. The first kappa shape index (κ1) is 32.7. The quantitative estimate of drug-likeness (QED) is 0.236. The maximum Gasteiger partial charge on any atom is 0.251 e. The molecule has 5 rings (SSSR count). The Bertz CT molecular complexity index is 1610. The van der Waals surface area contributed by atoms with Crippen LogP contribution in [0.3, 0.4) is 0 Å². The molecule has 2 heterocycles. The Morgan fingerprint density at radius 2 is 1.78 bits per heavy atom. The molecule has 1 aliphatic carbocycles. The van der Waals surface area contributed by atoms with Gasteiger partial charge in [-0.25, -0.2) is 4.31 Å². The summed E-state index contributed by atoms with van der Waals surface area (Å²) in [7, 11) is 7.37. The van der Waals surface area contributed by atoms with Gasteiger partial charge in [-0.05, 0) is 93.7 Å². The van der Waals surface area contributed by atoms with Gasteiger partial charge in [0.05, 0.1) is 25.9 Å². The molecule has 1 fully saturated rings. The van der Waals surface area contributed by atoms with Crippen LogP contribution in [0.1, 0.15) is 68.6 Å². The molecule has 1 N–H and O–H groups in total. The molecule has 0 atom stereocenters. The maximum absolute atomic E-state index is 14.1. The van der Waals surface area contributed by atoms with E-state index in [0.29, 0.717) is 31.1 Å². The summed E-state index contributed by atoms with van der Waals surface area (Å²) in [5.74, 6) is 0.983. The fourth-order valence-corrected chi connectivity index (χ4v) is 7.17. The number of aromatic nitrogens is 1. The molecule has 1 aromatic heterocycles. The van der Waals surface area contributed by atoms with Gasteiger partial charge in [-0.3, -0.25) is 9.59 Å². The van der Waals surface area contributed by atoms with Gasteiger partial charge in [0.15, 0.2) is 0 Å². The predicted molar refractivity (Wildman–Crippen MR) is 187 cm³/mol. The van der Waals surface area contributed by atoms with E-state index < -0.39 is 0 Å². The lowest BCUT2D eigenvalue weighted by Gasteiger charge is -2.24. The summed E-state index contributed by atoms with van der Waals surface area (Å²) in [6, 6.07) is 12.8. The first-order valence-corrected chi connectivity index (χ1v) is 16.8. The number of carbonyl (C=O) groups is 2. The standard InChI is InChI=1S/C36H47N5O3S/c1-8-40(9-2)33(42)23-39(6)36(43)28-19-27-20-29(44-7)16-18-30(27)35-34(25-13-11-10-12-14-25)31-17-15-26(21-32(31)41(35)22-28)24(3)37-45-38(4)5/h15-21,25,37H,3,8-14,22-23H2,1-2,4-7H3. The molecule has 45 heavy (non-hydrogen) atoms. The third kappa shape index (κ3) is 6.79. The van der Waals surface area contributed by atoms with E-state index >= 15 is 0 Å². The summed E-state index contributed by atoms with van der Waals surface area (Å²) < 4.78 is 13.3. The second-order valence-electron chi connectivity index (χ2n) is 12.2. The minimum absolute atomic E-state index is 0.0363. The summed E-state index contributed by atoms with van der Waals surface area (Å²) in [5.41, 5.74) is 8.15. The van der Waals surface area contributed by atoms with E-state index in [4.69, 9.17) is 4.74 Å². The zero-order valence-corrected chi connectivity index (χ0v) is 28.4. The van der Waals surface area contributed by atoms with E-state index in [2.05, 4.69) is 40.1 Å². The highest BCUT2D eigenvalue weighted by molar-refractivity contribution is 7.95. The highest BCUT2D eigenvalue weighted by atomic mass is 32.2. The number of rotatable bonds is 11. The van der Waals surface area contributed by atoms with Gasteiger partial charge >= 0.3 is 0 Å². The number of carbonyl (C=O) groups excluding carboxylic acids is 2. The molecule has 2 aliphatic rings. The zero-order chi connectivity index (χ0) is 32.2. The number of benzene rings is 2. The first-order chi connectivity index (χ1) is 21.7. The summed E-state index contributed by atoms with van der Waals surface area (Å²) in [5, 5.41) is 1.23. The lowest BCUT2D eigenvalue weighted by Crippen LogP contribution is -2.41. The molecule has 3 aromatic rings. The minimum atomic E-state index is -0.150. The van der Waals surface area contributed by atoms with Crippen LogP contribution in [0, 0.1) is 0 Å². The number of amides is 2. The van der Waals surface area contributed by atoms with Crippen LogP contribution in [0.15, 0.2) is 48.6 Å². The monoisotopic (exact) mass is 629 g/mol. The number of hydrogen-bond acceptors (Lipinski definition) is 6. The molecule has 0 saturated heterocycles. The Balaban J connectivity index is 1.67. The van der Waals surface area contributed by atoms with Crippen molar-refractivity contribution in [3.63, 3.8) is 0 Å². The largest absolute Gasteiger partial charge is 0.497 e. The Hall–Kier alpha value is -3.69. The summed E-state index contributed by atoms with van der Waals surface area (Å²) in [6.45, 7) is 9.90. The van der Waals surface area contributed by atoms with Crippen molar-refractivity contribution in [1.82, 2.24) is 23.4 Å². The number of nitrogens with one attached hydrogen (secondary N) is 1. The van der Waals surface area contributed by atoms with Crippen molar-refractivity contribution in [2.75, 3.05) is 47.9 Å². The number of hydrogen-bond donors (Lipinski definition) is 1. The molecule has 1 saturated carbocycles. The van der Waals surface area contributed by atoms with Gasteiger partial charge in [0.25, 0.3) is 5.91 Å². The van der Waals surface area contributed by atoms with Gasteiger partial charge in [-0.15, -0.1) is 0 Å². The molecule has 2 aromatic carbocycles. The van der Waals surface area contributed by atoms with Crippen molar-refractivity contribution in [1.29, 1.82) is 0 Å². The van der Waals surface area contributed by atoms with Gasteiger partial charge in [0.1, 0.15) is 5.75 Å². The Morgan fingerprint density at radius 1 is 1.04 bits per heavy atom. The van der Waals surface area contributed by atoms with Crippen molar-refractivity contribution in [3.05, 3.63) is 65.2 Å². The van der Waals surface area contributed by atoms with Crippen LogP contribution in [-0.2, 0) is 16.1 Å². The van der Waals surface area contributed by atoms with Crippen LogP contribution < -0.4 is 9.46 Å². The molecule has 0 radical (unpaired) electrons. The van der Waals surface area contributed by atoms with E-state index in [1.165, 1.54) is 48.0 Å². The number of ether oxygens (including phenoxy) is 1. The van der Waals surface area contributed by atoms with Gasteiger partial charge in [0.2, 0.25) is 5.91 Å². The van der Waals surface area contributed by atoms with Crippen molar-refractivity contribution in [2.24, 2.45) is 0 Å². The molecular weight excluding hydrogens is 582 g/mol. The average molecular weight is 630 g/mol. The fraction of sp³-hybridized carbons (Fsp3) is 0.444. The van der Waals surface area contributed by atoms with E-state index in [1.54, 1.807) is 24.0 Å². The third-order valence-corrected chi connectivity index (χ3v) is 9.80. The van der Waals surface area contributed by atoms with Gasteiger partial charge in [0, 0.05) is 60.0 Å². The molecular formula is C36H47N5O3S. The van der Waals surface area contributed by atoms with Crippen LogP contribution in [0.25, 0.3) is 33.9 Å². The molecule has 1 aliphatic heterocycles. The van der Waals surface area contributed by atoms with Crippen LogP contribution >= 0.6 is 12.1 Å². The van der Waals surface area contributed by atoms with Crippen LogP contribution in [0.5, 0.6) is 5.75 Å². The smallest absolute Gasteiger partial charge is 0.251 e. The van der Waals surface area contributed by atoms with Crippen molar-refractivity contribution < 1.29 is 14.3 Å². The van der Waals surface area contributed by atoms with E-state index in [0.717, 1.165) is 46.5 Å². The second kappa shape index (κ2) is 14.2. The second-order valence-corrected chi connectivity index (χ2v) is 13.4. The summed E-state index contributed by atoms with van der Waals surface area (Å²) in [6.07, 6.45) is 8.03. The Labute approximate surface area is 272 Å². The average Bonchev–Trinajstić information content (AvgIpc) is 3.26. The molecule has 9 heteroatoms. The predicted octanol–water partition coefficient (Wildman–Crippen LogP) is 6.77. The fourth-order valence-electron chi connectivity index (χ4n) is 6.76. The van der Waals surface area contributed by atoms with Crippen LogP contribution in [-0.4, -0.2) is 78.4 Å². The molecule has 240 valence electrons. The number of methoxy groups -OCH3 is 1. The summed E-state index contributed by atoms with van der Waals surface area (Å²) >= 11 is 1.49. The van der Waals surface area contributed by atoms with E-state index in [1.807, 2.05) is 50.5 Å². The number of nitrogens with zero attached hydrogens (tertiary/aromatic N) is 4. The molecule has 0 unspecified atom stereocenters. The van der Waals surface area contributed by atoms with E-state index in [9.17, 15) is 9.59 Å². The lowest BCUT2D eigenvalue weighted by molar-refractivity contribution is -0.137. The lowest BCUT2D eigenvalue weighted by atomic mass is 9.81. The van der Waals surface area contributed by atoms with Crippen molar-refractivity contribution in [3.8, 4) is 17.0 Å². The topological polar surface area (TPSA) is 70.0 Å². The normalized spacial score (nSPS) is 14.8. The minimum Gasteiger partial charge on any atom is -0.497 e. The number of likely N-dealkylation sites (N-methyl/N-ethyl adjacent to an activating group) is 2. The summed E-state index contributed by atoms with van der Waals surface area (Å²) in [4.78, 5) is 30.4. The van der Waals surface area contributed by atoms with Gasteiger partial charge in [-0.1, -0.05) is 38.0 Å². The highest BCUT2D eigenvalue weighted by Gasteiger charge is 2.31. The zero-order valence-electron chi connectivity index (χ0n) is 27.6. The van der Waals surface area contributed by atoms with Gasteiger partial charge in [-0.2, -0.15) is 0 Å². The molecule has 2 amide bonds. The van der Waals surface area contributed by atoms with Crippen LogP contribution in [0.4, 0.5) is 0 Å². The van der Waals surface area contributed by atoms with E-state index in [-0.39, 0.29) is 18.4 Å². The number of fused-ring (bicyclic) bond motifs is 5.